The molecule has 88 valence electrons. The van der Waals surface area contributed by atoms with Crippen LogP contribution in [0.15, 0.2) is 23.9 Å². The number of likely N-dealkylation sites (N-methyl/N-ethyl adjacent to an activating group) is 1. The van der Waals surface area contributed by atoms with Gasteiger partial charge >= 0.3 is 0 Å². The third-order valence-corrected chi connectivity index (χ3v) is 3.19. The maximum Gasteiger partial charge on any atom is 0.0705 e. The summed E-state index contributed by atoms with van der Waals surface area (Å²) in [5.74, 6) is 0. The van der Waals surface area contributed by atoms with E-state index in [9.17, 15) is 0 Å². The number of allylic oxidation sites excluding steroid dienone is 1. The lowest BCUT2D eigenvalue weighted by Gasteiger charge is -2.19. The highest BCUT2D eigenvalue weighted by atomic mass is 15.1. The van der Waals surface area contributed by atoms with Gasteiger partial charge in [0.05, 0.1) is 11.7 Å². The number of hydrogen-bond acceptors (Lipinski definition) is 2. The van der Waals surface area contributed by atoms with Crippen LogP contribution < -0.4 is 5.32 Å². The van der Waals surface area contributed by atoms with E-state index in [4.69, 9.17) is 0 Å². The van der Waals surface area contributed by atoms with E-state index >= 15 is 0 Å². The van der Waals surface area contributed by atoms with Crippen LogP contribution in [0.1, 0.15) is 50.8 Å². The first-order valence-corrected chi connectivity index (χ1v) is 6.33. The number of aromatic amines is 1. The average molecular weight is 219 g/mol. The second-order valence-corrected chi connectivity index (χ2v) is 4.38. The van der Waals surface area contributed by atoms with Gasteiger partial charge in [-0.3, -0.25) is 5.10 Å². The Hall–Kier alpha value is -1.09. The molecule has 1 aliphatic rings. The van der Waals surface area contributed by atoms with E-state index in [-0.39, 0.29) is 0 Å². The molecule has 16 heavy (non-hydrogen) atoms. The zero-order valence-corrected chi connectivity index (χ0v) is 10.00. The van der Waals surface area contributed by atoms with Crippen LogP contribution >= 0.6 is 0 Å². The summed E-state index contributed by atoms with van der Waals surface area (Å²) in [6, 6.07) is 2.41. The van der Waals surface area contributed by atoms with E-state index in [1.807, 2.05) is 6.20 Å². The fourth-order valence-corrected chi connectivity index (χ4v) is 2.37. The molecule has 1 unspecified atom stereocenters. The molecule has 1 aromatic rings. The molecule has 1 heterocycles. The normalized spacial score (nSPS) is 18.9. The monoisotopic (exact) mass is 219 g/mol. The van der Waals surface area contributed by atoms with Gasteiger partial charge < -0.3 is 5.32 Å². The average Bonchev–Trinajstić information content (AvgIpc) is 2.69. The standard InChI is InChI=1S/C13H21N3/c1-2-14-13(12-9-10-15-16-12)11-7-5-3-4-6-8-11/h7,9-10,13-14H,2-6,8H2,1H3,(H,15,16). The first-order valence-electron chi connectivity index (χ1n) is 6.33. The van der Waals surface area contributed by atoms with Crippen molar-refractivity contribution in [2.45, 2.75) is 45.1 Å². The smallest absolute Gasteiger partial charge is 0.0705 e. The number of hydrogen-bond donors (Lipinski definition) is 2. The highest BCUT2D eigenvalue weighted by molar-refractivity contribution is 5.22. The molecule has 1 aromatic heterocycles. The SMILES string of the molecule is CCNC(C1=CCCCCC1)c1ccn[nH]1. The molecule has 0 spiro atoms. The second-order valence-electron chi connectivity index (χ2n) is 4.38. The van der Waals surface area contributed by atoms with Crippen LogP contribution in [0, 0.1) is 0 Å². The topological polar surface area (TPSA) is 40.7 Å². The molecule has 0 saturated heterocycles. The maximum atomic E-state index is 4.05. The summed E-state index contributed by atoms with van der Waals surface area (Å²) >= 11 is 0. The lowest BCUT2D eigenvalue weighted by Crippen LogP contribution is -2.23. The van der Waals surface area contributed by atoms with E-state index in [2.05, 4.69) is 34.6 Å². The third-order valence-electron chi connectivity index (χ3n) is 3.19. The maximum absolute atomic E-state index is 4.05. The highest BCUT2D eigenvalue weighted by Gasteiger charge is 2.17. The van der Waals surface area contributed by atoms with Crippen molar-refractivity contribution in [1.29, 1.82) is 0 Å². The van der Waals surface area contributed by atoms with E-state index in [0.717, 1.165) is 6.54 Å². The van der Waals surface area contributed by atoms with Gasteiger partial charge in [-0.25, -0.2) is 0 Å². The Labute approximate surface area is 97.3 Å². The Morgan fingerprint density at radius 1 is 1.44 bits per heavy atom. The Morgan fingerprint density at radius 2 is 2.38 bits per heavy atom. The minimum absolute atomic E-state index is 0.339. The van der Waals surface area contributed by atoms with Crippen molar-refractivity contribution in [3.05, 3.63) is 29.6 Å². The number of aromatic nitrogens is 2. The van der Waals surface area contributed by atoms with Crippen molar-refractivity contribution in [1.82, 2.24) is 15.5 Å². The van der Waals surface area contributed by atoms with Gasteiger partial charge in [-0.1, -0.05) is 25.0 Å². The quantitative estimate of drug-likeness (QED) is 0.764. The van der Waals surface area contributed by atoms with Gasteiger partial charge in [0.25, 0.3) is 0 Å². The van der Waals surface area contributed by atoms with Crippen molar-refractivity contribution in [3.8, 4) is 0 Å². The summed E-state index contributed by atoms with van der Waals surface area (Å²) < 4.78 is 0. The molecule has 2 N–H and O–H groups in total. The Balaban J connectivity index is 2.14. The summed E-state index contributed by atoms with van der Waals surface area (Å²) in [4.78, 5) is 0. The van der Waals surface area contributed by atoms with Gasteiger partial charge in [0.15, 0.2) is 0 Å². The zero-order chi connectivity index (χ0) is 11.2. The molecule has 1 atom stereocenters. The van der Waals surface area contributed by atoms with Crippen molar-refractivity contribution in [3.63, 3.8) is 0 Å². The van der Waals surface area contributed by atoms with Crippen LogP contribution in [-0.2, 0) is 0 Å². The molecule has 1 aliphatic carbocycles. The van der Waals surface area contributed by atoms with Gasteiger partial charge in [0.1, 0.15) is 0 Å². The van der Waals surface area contributed by atoms with E-state index < -0.39 is 0 Å². The molecule has 0 aliphatic heterocycles. The van der Waals surface area contributed by atoms with Crippen LogP contribution in [0.3, 0.4) is 0 Å². The minimum Gasteiger partial charge on any atom is -0.306 e. The molecule has 3 nitrogen and oxygen atoms in total. The van der Waals surface area contributed by atoms with E-state index in [0.29, 0.717) is 6.04 Å². The predicted molar refractivity (Wildman–Crippen MR) is 66.2 cm³/mol. The van der Waals surface area contributed by atoms with Gasteiger partial charge in [-0.2, -0.15) is 5.10 Å². The first kappa shape index (κ1) is 11.4. The molecule has 0 saturated carbocycles. The number of nitrogens with one attached hydrogen (secondary N) is 2. The minimum atomic E-state index is 0.339. The molecular weight excluding hydrogens is 198 g/mol. The van der Waals surface area contributed by atoms with E-state index in [1.165, 1.54) is 43.4 Å². The molecule has 3 heteroatoms. The van der Waals surface area contributed by atoms with Crippen LogP contribution in [0.4, 0.5) is 0 Å². The van der Waals surface area contributed by atoms with Crippen LogP contribution in [0.25, 0.3) is 0 Å². The summed E-state index contributed by atoms with van der Waals surface area (Å²) in [6.45, 7) is 3.14. The van der Waals surface area contributed by atoms with Crippen molar-refractivity contribution in [2.24, 2.45) is 0 Å². The summed E-state index contributed by atoms with van der Waals surface area (Å²) in [5.41, 5.74) is 2.72. The van der Waals surface area contributed by atoms with Crippen molar-refractivity contribution < 1.29 is 0 Å². The molecule has 2 rings (SSSR count). The Kier molecular flexibility index (Phi) is 4.17. The number of H-pyrrole nitrogens is 1. The van der Waals surface area contributed by atoms with Crippen LogP contribution in [0.2, 0.25) is 0 Å². The second kappa shape index (κ2) is 5.85. The largest absolute Gasteiger partial charge is 0.306 e. The summed E-state index contributed by atoms with van der Waals surface area (Å²) in [7, 11) is 0. The van der Waals surface area contributed by atoms with Gasteiger partial charge in [-0.15, -0.1) is 0 Å². The highest BCUT2D eigenvalue weighted by Crippen LogP contribution is 2.27. The Bertz CT molecular complexity index is 327. The first-order chi connectivity index (χ1) is 7.92. The summed E-state index contributed by atoms with van der Waals surface area (Å²) in [6.07, 6.45) is 10.7. The molecule has 0 fully saturated rings. The van der Waals surface area contributed by atoms with Gasteiger partial charge in [-0.05, 0) is 38.3 Å². The van der Waals surface area contributed by atoms with Gasteiger partial charge in [0, 0.05) is 6.20 Å². The molecule has 0 radical (unpaired) electrons. The fraction of sp³-hybridized carbons (Fsp3) is 0.615. The van der Waals surface area contributed by atoms with Crippen molar-refractivity contribution in [2.75, 3.05) is 6.54 Å². The van der Waals surface area contributed by atoms with Crippen LogP contribution in [-0.4, -0.2) is 16.7 Å². The van der Waals surface area contributed by atoms with Crippen LogP contribution in [0.5, 0.6) is 0 Å². The molecule has 0 bridgehead atoms. The predicted octanol–water partition coefficient (Wildman–Crippen LogP) is 2.95. The number of rotatable bonds is 4. The summed E-state index contributed by atoms with van der Waals surface area (Å²) in [5, 5.41) is 10.7. The van der Waals surface area contributed by atoms with Gasteiger partial charge in [0.2, 0.25) is 0 Å². The van der Waals surface area contributed by atoms with Crippen molar-refractivity contribution >= 4 is 0 Å². The lowest BCUT2D eigenvalue weighted by molar-refractivity contribution is 0.576. The Morgan fingerprint density at radius 3 is 3.12 bits per heavy atom. The third kappa shape index (κ3) is 2.73. The van der Waals surface area contributed by atoms with E-state index in [1.54, 1.807) is 0 Å². The fourth-order valence-electron chi connectivity index (χ4n) is 2.37. The zero-order valence-electron chi connectivity index (χ0n) is 10.00. The molecular formula is C13H21N3. The molecule has 0 amide bonds. The molecule has 0 aromatic carbocycles. The lowest BCUT2D eigenvalue weighted by atomic mass is 9.99. The number of nitrogens with zero attached hydrogens (tertiary/aromatic N) is 1.